The van der Waals surface area contributed by atoms with Crippen LogP contribution in [0.25, 0.3) is 0 Å². The summed E-state index contributed by atoms with van der Waals surface area (Å²) in [6.07, 6.45) is 3.59. The number of carboxylic acids is 1. The molecular weight excluding hydrogens is 560 g/mol. The molecule has 1 unspecified atom stereocenters. The lowest BCUT2D eigenvalue weighted by atomic mass is 9.44. The summed E-state index contributed by atoms with van der Waals surface area (Å²) in [7, 11) is -1.52. The van der Waals surface area contributed by atoms with Gasteiger partial charge >= 0.3 is 13.8 Å². The highest BCUT2D eigenvalue weighted by molar-refractivity contribution is 7.47. The molecule has 0 aromatic carbocycles. The van der Waals surface area contributed by atoms with Gasteiger partial charge in [-0.3, -0.25) is 18.6 Å². The number of hydrogen-bond donors (Lipinski definition) is 4. The highest BCUT2D eigenvalue weighted by Gasteiger charge is 2.75. The molecule has 0 aromatic rings. The summed E-state index contributed by atoms with van der Waals surface area (Å²) in [6, 6.07) is 0. The third-order valence-corrected chi connectivity index (χ3v) is 11.5. The third kappa shape index (κ3) is 5.09. The van der Waals surface area contributed by atoms with Crippen molar-refractivity contribution >= 4 is 25.4 Å². The number of quaternary nitrogens is 1. The monoisotopic (exact) mass is 602 g/mol. The Morgan fingerprint density at radius 1 is 1.22 bits per heavy atom. The number of Topliss-reactive ketones (excluding diaryl/α,β-unsaturated/α-hetero) is 1. The Balaban J connectivity index is 1.51. The standard InChI is InChI=1S/C28H41FNO10P/c1-17-12-21-20-7-6-18-13-19(31)8-9-25(18,2)27(20,29)22(32)14-26(21,3)28(17,36)23(33)16-40-41(37,38)39-11-10-30(4,5)15-24(34)35/h8-9,13,17,20-22,32,36H,6-7,10-12,14-16H2,1-5H3,(H-,34,35,37,38)/p+1/t17-,20+,21+,22+,25+,26+,27+,28+/m1/s1. The van der Waals surface area contributed by atoms with Gasteiger partial charge in [0.05, 0.1) is 20.2 Å². The smallest absolute Gasteiger partial charge is 0.472 e. The number of carbonyl (C=O) groups is 3. The predicted octanol–water partition coefficient (Wildman–Crippen LogP) is 2.20. The number of alkyl halides is 1. The summed E-state index contributed by atoms with van der Waals surface area (Å²) in [5.74, 6) is -3.99. The lowest BCUT2D eigenvalue weighted by Crippen LogP contribution is -2.69. The zero-order chi connectivity index (χ0) is 30.8. The van der Waals surface area contributed by atoms with Crippen molar-refractivity contribution < 1.29 is 57.1 Å². The summed E-state index contributed by atoms with van der Waals surface area (Å²) in [6.45, 7) is 3.60. The summed E-state index contributed by atoms with van der Waals surface area (Å²) < 4.78 is 39.6. The number of likely N-dealkylation sites (N-methyl/N-ethyl adjacent to an activating group) is 1. The summed E-state index contributed by atoms with van der Waals surface area (Å²) in [5.41, 5.74) is -6.03. The van der Waals surface area contributed by atoms with Crippen LogP contribution in [-0.4, -0.2) is 100 Å². The first-order valence-electron chi connectivity index (χ1n) is 14.0. The number of nitrogens with zero attached hydrogens (tertiary/aromatic N) is 1. The van der Waals surface area contributed by atoms with Gasteiger partial charge in [-0.15, -0.1) is 0 Å². The number of carboxylic acid groups (broad SMARTS) is 1. The molecule has 4 rings (SSSR count). The lowest BCUT2D eigenvalue weighted by molar-refractivity contribution is -0.883. The number of aliphatic carboxylic acids is 1. The van der Waals surface area contributed by atoms with E-state index in [1.165, 1.54) is 18.2 Å². The molecule has 0 heterocycles. The Labute approximate surface area is 239 Å². The second kappa shape index (κ2) is 10.4. The number of carbonyl (C=O) groups excluding carboxylic acids is 2. The summed E-state index contributed by atoms with van der Waals surface area (Å²) in [4.78, 5) is 46.7. The fraction of sp³-hybridized carbons (Fsp3) is 0.750. The minimum atomic E-state index is -4.73. The van der Waals surface area contributed by atoms with Crippen LogP contribution < -0.4 is 0 Å². The molecule has 9 atom stereocenters. The van der Waals surface area contributed by atoms with Crippen molar-refractivity contribution in [2.24, 2.45) is 28.6 Å². The average Bonchev–Trinajstić information content (AvgIpc) is 3.04. The van der Waals surface area contributed by atoms with Gasteiger partial charge in [0.25, 0.3) is 0 Å². The van der Waals surface area contributed by atoms with Crippen LogP contribution in [0.2, 0.25) is 0 Å². The maximum atomic E-state index is 17.3. The molecule has 0 radical (unpaired) electrons. The van der Waals surface area contributed by atoms with Gasteiger partial charge in [0.2, 0.25) is 0 Å². The number of hydrogen-bond acceptors (Lipinski definition) is 8. The zero-order valence-corrected chi connectivity index (χ0v) is 25.1. The summed E-state index contributed by atoms with van der Waals surface area (Å²) in [5, 5.41) is 32.3. The minimum Gasteiger partial charge on any atom is -0.477 e. The quantitative estimate of drug-likeness (QED) is 0.215. The van der Waals surface area contributed by atoms with Gasteiger partial charge in [-0.2, -0.15) is 0 Å². The first-order valence-corrected chi connectivity index (χ1v) is 15.5. The average molecular weight is 603 g/mol. The highest BCUT2D eigenvalue weighted by atomic mass is 31.2. The van der Waals surface area contributed by atoms with Crippen LogP contribution in [0.5, 0.6) is 0 Å². The van der Waals surface area contributed by atoms with E-state index in [2.05, 4.69) is 0 Å². The summed E-state index contributed by atoms with van der Waals surface area (Å²) >= 11 is 0. The van der Waals surface area contributed by atoms with E-state index in [0.29, 0.717) is 24.8 Å². The number of rotatable bonds is 10. The van der Waals surface area contributed by atoms with Crippen molar-refractivity contribution in [3.63, 3.8) is 0 Å². The van der Waals surface area contributed by atoms with E-state index in [1.54, 1.807) is 34.9 Å². The Kier molecular flexibility index (Phi) is 8.18. The van der Waals surface area contributed by atoms with Gasteiger partial charge < -0.3 is 24.7 Å². The van der Waals surface area contributed by atoms with E-state index in [4.69, 9.17) is 14.2 Å². The fourth-order valence-corrected chi connectivity index (χ4v) is 8.94. The number of allylic oxidation sites excluding steroid dienone is 4. The van der Waals surface area contributed by atoms with Crippen molar-refractivity contribution in [1.29, 1.82) is 0 Å². The Morgan fingerprint density at radius 2 is 1.88 bits per heavy atom. The molecule has 0 saturated heterocycles. The van der Waals surface area contributed by atoms with E-state index in [9.17, 15) is 34.1 Å². The Morgan fingerprint density at radius 3 is 2.51 bits per heavy atom. The van der Waals surface area contributed by atoms with Crippen LogP contribution >= 0.6 is 7.82 Å². The molecule has 11 nitrogen and oxygen atoms in total. The second-order valence-corrected chi connectivity index (χ2v) is 14.8. The molecule has 3 fully saturated rings. The van der Waals surface area contributed by atoms with Crippen LogP contribution in [0, 0.1) is 28.6 Å². The van der Waals surface area contributed by atoms with Gasteiger partial charge in [0.1, 0.15) is 25.4 Å². The third-order valence-electron chi connectivity index (χ3n) is 10.5. The van der Waals surface area contributed by atoms with Crippen LogP contribution in [0.4, 0.5) is 4.39 Å². The lowest BCUT2D eigenvalue weighted by Gasteiger charge is -2.62. The molecule has 0 spiro atoms. The van der Waals surface area contributed by atoms with Crippen LogP contribution in [0.15, 0.2) is 23.8 Å². The molecule has 0 amide bonds. The molecule has 0 aliphatic heterocycles. The predicted molar refractivity (Wildman–Crippen MR) is 144 cm³/mol. The van der Waals surface area contributed by atoms with Gasteiger partial charge in [-0.05, 0) is 56.6 Å². The molecular formula is C28H42FNO10P+. The normalized spacial score (nSPS) is 41.6. The molecule has 41 heavy (non-hydrogen) atoms. The molecule has 13 heteroatoms. The SMILES string of the molecule is C[C@@H]1C[C@H]2[C@@H]3CCC4=CC(=O)C=C[C@]4(C)[C@@]3(F)[C@@H](O)C[C@]2(C)[C@@]1(O)C(=O)COP(=O)(O)OCC[N+](C)(C)CC(=O)O. The molecule has 0 aromatic heterocycles. The van der Waals surface area contributed by atoms with E-state index in [1.807, 2.05) is 0 Å². The van der Waals surface area contributed by atoms with E-state index >= 15 is 4.39 Å². The topological polar surface area (TPSA) is 168 Å². The first kappa shape index (κ1) is 32.1. The van der Waals surface area contributed by atoms with Crippen molar-refractivity contribution in [1.82, 2.24) is 0 Å². The zero-order valence-electron chi connectivity index (χ0n) is 24.2. The Bertz CT molecular complexity index is 1240. The molecule has 0 bridgehead atoms. The minimum absolute atomic E-state index is 0.0206. The number of phosphoric ester groups is 1. The van der Waals surface area contributed by atoms with Crippen molar-refractivity contribution in [2.45, 2.75) is 63.8 Å². The van der Waals surface area contributed by atoms with Crippen LogP contribution in [-0.2, 0) is 28.0 Å². The largest absolute Gasteiger partial charge is 0.477 e. The maximum Gasteiger partial charge on any atom is 0.472 e. The van der Waals surface area contributed by atoms with Crippen molar-refractivity contribution in [3.05, 3.63) is 23.8 Å². The number of phosphoric acid groups is 1. The maximum absolute atomic E-state index is 17.3. The highest BCUT2D eigenvalue weighted by Crippen LogP contribution is 2.70. The molecule has 4 aliphatic rings. The second-order valence-electron chi connectivity index (χ2n) is 13.4. The number of aliphatic hydroxyl groups is 2. The van der Waals surface area contributed by atoms with E-state index < -0.39 is 72.1 Å². The molecule has 4 N–H and O–H groups in total. The van der Waals surface area contributed by atoms with E-state index in [0.717, 1.165) is 0 Å². The number of ketones is 2. The first-order chi connectivity index (χ1) is 18.7. The van der Waals surface area contributed by atoms with Gasteiger partial charge in [0.15, 0.2) is 23.8 Å². The molecule has 230 valence electrons. The fourth-order valence-electron chi connectivity index (χ4n) is 8.28. The van der Waals surface area contributed by atoms with Gasteiger partial charge in [-0.25, -0.2) is 13.8 Å². The van der Waals surface area contributed by atoms with Crippen LogP contribution in [0.3, 0.4) is 0 Å². The van der Waals surface area contributed by atoms with Crippen molar-refractivity contribution in [3.8, 4) is 0 Å². The van der Waals surface area contributed by atoms with E-state index in [-0.39, 0.29) is 36.4 Å². The molecule has 4 aliphatic carbocycles. The van der Waals surface area contributed by atoms with Gasteiger partial charge in [0, 0.05) is 16.7 Å². The number of halogens is 1. The molecule has 3 saturated carbocycles. The Hall–Kier alpha value is -1.79. The number of fused-ring (bicyclic) bond motifs is 5. The van der Waals surface area contributed by atoms with Gasteiger partial charge in [-0.1, -0.05) is 25.5 Å². The number of aliphatic hydroxyl groups excluding tert-OH is 1. The van der Waals surface area contributed by atoms with Crippen LogP contribution in [0.1, 0.15) is 46.5 Å². The van der Waals surface area contributed by atoms with Crippen molar-refractivity contribution in [2.75, 3.05) is 40.4 Å².